The lowest BCUT2D eigenvalue weighted by atomic mass is 9.78. The molecule has 6 unspecified atom stereocenters. The van der Waals surface area contributed by atoms with Crippen LogP contribution in [0.4, 0.5) is 0 Å². The molecule has 2 aliphatic carbocycles. The zero-order valence-electron chi connectivity index (χ0n) is 18.3. The first-order valence-electron chi connectivity index (χ1n) is 11.4. The third-order valence-corrected chi connectivity index (χ3v) is 8.09. The molecule has 2 bridgehead atoms. The molecule has 2 saturated heterocycles. The Labute approximate surface area is 201 Å². The third-order valence-electron chi connectivity index (χ3n) is 7.65. The minimum Gasteiger partial charge on any atom is -0.458 e. The number of rotatable bonds is 5. The van der Waals surface area contributed by atoms with Crippen LogP contribution < -0.4 is 5.32 Å². The van der Waals surface area contributed by atoms with Gasteiger partial charge < -0.3 is 19.5 Å². The highest BCUT2D eigenvalue weighted by atomic mass is 127. The number of fused-ring (bicyclic) bond motifs is 1. The molecule has 1 aromatic rings. The number of alkyl halides is 1. The molecule has 5 rings (SSSR count). The van der Waals surface area contributed by atoms with E-state index in [1.807, 2.05) is 52.9 Å². The van der Waals surface area contributed by atoms with Crippen LogP contribution in [-0.4, -0.2) is 46.6 Å². The number of hydrogen-bond donors (Lipinski definition) is 1. The lowest BCUT2D eigenvalue weighted by Gasteiger charge is -2.38. The molecule has 2 aliphatic heterocycles. The van der Waals surface area contributed by atoms with Crippen LogP contribution in [-0.2, 0) is 34.2 Å². The van der Waals surface area contributed by atoms with Crippen molar-refractivity contribution in [3.63, 3.8) is 0 Å². The van der Waals surface area contributed by atoms with E-state index in [0.717, 1.165) is 31.5 Å². The third kappa shape index (κ3) is 3.54. The van der Waals surface area contributed by atoms with E-state index in [4.69, 9.17) is 14.2 Å². The Hall–Kier alpha value is -1.68. The maximum atomic E-state index is 13.7. The Morgan fingerprint density at radius 3 is 2.50 bits per heavy atom. The number of benzene rings is 1. The first-order valence-corrected chi connectivity index (χ1v) is 12.5. The second kappa shape index (κ2) is 7.97. The maximum absolute atomic E-state index is 13.7. The molecule has 2 N–H and O–H groups in total. The molecule has 0 radical (unpaired) electrons. The Balaban J connectivity index is 1.42. The lowest BCUT2D eigenvalue weighted by molar-refractivity contribution is -0.668. The number of carbonyl (C=O) groups is 3. The minimum absolute atomic E-state index is 0.0902. The molecule has 4 fully saturated rings. The van der Waals surface area contributed by atoms with Crippen LogP contribution in [0, 0.1) is 23.7 Å². The van der Waals surface area contributed by atoms with Crippen LogP contribution >= 0.6 is 22.6 Å². The fraction of sp³-hybridized carbons (Fsp3) is 0.625. The van der Waals surface area contributed by atoms with Gasteiger partial charge in [-0.05, 0) is 25.8 Å². The standard InChI is InChI=1S/C24H28INO6/c1-23(2,25)22(29)31-19-15-12-14-16(20(27)30-18(14)19)17(15)21(28)32-24(8-10-26-11-9-24)13-6-4-3-5-7-13/h3-7,14-19,26H,8-12H2,1-2H3/p+1. The van der Waals surface area contributed by atoms with Crippen molar-refractivity contribution < 1.29 is 33.9 Å². The van der Waals surface area contributed by atoms with Gasteiger partial charge in [-0.3, -0.25) is 14.4 Å². The average molecular weight is 554 g/mol. The maximum Gasteiger partial charge on any atom is 0.321 e. The van der Waals surface area contributed by atoms with Gasteiger partial charge in [-0.15, -0.1) is 0 Å². The molecule has 7 nitrogen and oxygen atoms in total. The largest absolute Gasteiger partial charge is 0.458 e. The van der Waals surface area contributed by atoms with Crippen molar-refractivity contribution in [2.75, 3.05) is 13.1 Å². The zero-order valence-corrected chi connectivity index (χ0v) is 20.4. The summed E-state index contributed by atoms with van der Waals surface area (Å²) in [5.41, 5.74) is 0.304. The molecule has 6 atom stereocenters. The van der Waals surface area contributed by atoms with Gasteiger partial charge in [0.05, 0.1) is 24.9 Å². The highest BCUT2D eigenvalue weighted by molar-refractivity contribution is 14.1. The van der Waals surface area contributed by atoms with Crippen LogP contribution in [0.2, 0.25) is 0 Å². The molecular formula is C24H29INO6+. The number of carbonyl (C=O) groups excluding carboxylic acids is 3. The van der Waals surface area contributed by atoms with Crippen molar-refractivity contribution in [1.82, 2.24) is 0 Å². The van der Waals surface area contributed by atoms with Gasteiger partial charge in [-0.2, -0.15) is 0 Å². The highest BCUT2D eigenvalue weighted by Gasteiger charge is 2.70. The average Bonchev–Trinajstić information content (AvgIpc) is 3.38. The molecule has 0 aromatic heterocycles. The van der Waals surface area contributed by atoms with Crippen LogP contribution in [0.1, 0.15) is 38.7 Å². The summed E-state index contributed by atoms with van der Waals surface area (Å²) in [6, 6.07) is 9.88. The molecule has 172 valence electrons. The van der Waals surface area contributed by atoms with E-state index in [1.165, 1.54) is 0 Å². The SMILES string of the molecule is CC(C)(I)C(=O)OC1C2CC3C1OC(=O)C3C2C(=O)OC1(c2ccccc2)CC[NH2+]CC1. The van der Waals surface area contributed by atoms with Crippen molar-refractivity contribution in [2.45, 2.75) is 54.3 Å². The lowest BCUT2D eigenvalue weighted by Crippen LogP contribution is -2.87. The van der Waals surface area contributed by atoms with Crippen molar-refractivity contribution in [3.8, 4) is 0 Å². The van der Waals surface area contributed by atoms with Gasteiger partial charge in [0.15, 0.2) is 0 Å². The summed E-state index contributed by atoms with van der Waals surface area (Å²) in [6.45, 7) is 5.30. The molecule has 2 saturated carbocycles. The number of halogens is 1. The second-order valence-electron chi connectivity index (χ2n) is 10.0. The summed E-state index contributed by atoms with van der Waals surface area (Å²) in [4.78, 5) is 39.0. The Kier molecular flexibility index (Phi) is 5.51. The number of hydrogen-bond acceptors (Lipinski definition) is 6. The fourth-order valence-electron chi connectivity index (χ4n) is 6.12. The van der Waals surface area contributed by atoms with Crippen molar-refractivity contribution in [3.05, 3.63) is 35.9 Å². The van der Waals surface area contributed by atoms with Gasteiger partial charge in [0.25, 0.3) is 0 Å². The predicted molar refractivity (Wildman–Crippen MR) is 122 cm³/mol. The monoisotopic (exact) mass is 554 g/mol. The normalized spacial score (nSPS) is 34.8. The first-order chi connectivity index (χ1) is 15.2. The van der Waals surface area contributed by atoms with Crippen LogP contribution in [0.5, 0.6) is 0 Å². The van der Waals surface area contributed by atoms with Gasteiger partial charge in [-0.25, -0.2) is 0 Å². The fourth-order valence-corrected chi connectivity index (χ4v) is 6.25. The Morgan fingerprint density at radius 2 is 1.84 bits per heavy atom. The summed E-state index contributed by atoms with van der Waals surface area (Å²) < 4.78 is 17.1. The van der Waals surface area contributed by atoms with E-state index in [2.05, 4.69) is 5.32 Å². The Morgan fingerprint density at radius 1 is 1.16 bits per heavy atom. The smallest absolute Gasteiger partial charge is 0.321 e. The number of piperidine rings is 1. The van der Waals surface area contributed by atoms with Crippen LogP contribution in [0.3, 0.4) is 0 Å². The molecule has 0 amide bonds. The molecule has 2 heterocycles. The number of ether oxygens (including phenoxy) is 3. The van der Waals surface area contributed by atoms with Crippen molar-refractivity contribution in [1.29, 1.82) is 0 Å². The summed E-state index contributed by atoms with van der Waals surface area (Å²) in [5.74, 6) is -2.54. The Bertz CT molecular complexity index is 922. The van der Waals surface area contributed by atoms with E-state index < -0.39 is 33.1 Å². The van der Waals surface area contributed by atoms with Crippen molar-refractivity contribution >= 4 is 40.5 Å². The summed E-state index contributed by atoms with van der Waals surface area (Å²) in [5, 5.41) is 2.23. The number of quaternary nitrogens is 1. The predicted octanol–water partition coefficient (Wildman–Crippen LogP) is 1.72. The molecule has 0 spiro atoms. The summed E-state index contributed by atoms with van der Waals surface area (Å²) in [7, 11) is 0. The molecular weight excluding hydrogens is 525 g/mol. The van der Waals surface area contributed by atoms with E-state index in [-0.39, 0.29) is 29.7 Å². The second-order valence-corrected chi connectivity index (χ2v) is 12.7. The quantitative estimate of drug-likeness (QED) is 0.258. The minimum atomic E-state index is -0.701. The van der Waals surface area contributed by atoms with Gasteiger partial charge in [0.2, 0.25) is 0 Å². The summed E-state index contributed by atoms with van der Waals surface area (Å²) in [6.07, 6.45) is 1.06. The topological polar surface area (TPSA) is 95.5 Å². The first kappa shape index (κ1) is 22.1. The van der Waals surface area contributed by atoms with Gasteiger partial charge in [0.1, 0.15) is 21.2 Å². The van der Waals surface area contributed by atoms with Crippen molar-refractivity contribution in [2.24, 2.45) is 23.7 Å². The highest BCUT2D eigenvalue weighted by Crippen LogP contribution is 2.59. The van der Waals surface area contributed by atoms with Gasteiger partial charge in [-0.1, -0.05) is 52.9 Å². The van der Waals surface area contributed by atoms with E-state index in [0.29, 0.717) is 6.42 Å². The zero-order chi connectivity index (χ0) is 22.7. The van der Waals surface area contributed by atoms with Crippen LogP contribution in [0.15, 0.2) is 30.3 Å². The number of nitrogens with two attached hydrogens (primary N) is 1. The molecule has 4 aliphatic rings. The van der Waals surface area contributed by atoms with Gasteiger partial charge >= 0.3 is 17.9 Å². The molecule has 1 aromatic carbocycles. The summed E-state index contributed by atoms with van der Waals surface area (Å²) >= 11 is 2.04. The van der Waals surface area contributed by atoms with E-state index in [1.54, 1.807) is 13.8 Å². The molecule has 32 heavy (non-hydrogen) atoms. The number of esters is 3. The van der Waals surface area contributed by atoms with Crippen LogP contribution in [0.25, 0.3) is 0 Å². The van der Waals surface area contributed by atoms with E-state index >= 15 is 0 Å². The molecule has 8 heteroatoms. The van der Waals surface area contributed by atoms with E-state index in [9.17, 15) is 14.4 Å². The van der Waals surface area contributed by atoms with Gasteiger partial charge in [0, 0.05) is 24.7 Å².